The first-order valence-electron chi connectivity index (χ1n) is 7.55. The topological polar surface area (TPSA) is 69.6 Å². The Hall–Kier alpha value is -1.96. The molecule has 2 N–H and O–H groups in total. The van der Waals surface area contributed by atoms with E-state index in [0.29, 0.717) is 5.11 Å². The van der Waals surface area contributed by atoms with Gasteiger partial charge in [0.25, 0.3) is 0 Å². The number of hydrogen-bond acceptors (Lipinski definition) is 4. The number of benzene rings is 2. The van der Waals surface area contributed by atoms with Crippen molar-refractivity contribution in [3.63, 3.8) is 0 Å². The Balaban J connectivity index is 1.92. The maximum atomic E-state index is 11.9. The van der Waals surface area contributed by atoms with Crippen molar-refractivity contribution in [3.8, 4) is 0 Å². The zero-order valence-electron chi connectivity index (χ0n) is 12.9. The molecular formula is C17H18N2O3S2. The van der Waals surface area contributed by atoms with Crippen molar-refractivity contribution in [2.75, 3.05) is 21.7 Å². The Kier molecular flexibility index (Phi) is 4.84. The highest BCUT2D eigenvalue weighted by Gasteiger charge is 2.41. The maximum absolute atomic E-state index is 11.9. The van der Waals surface area contributed by atoms with E-state index < -0.39 is 22.0 Å². The summed E-state index contributed by atoms with van der Waals surface area (Å²) in [5.41, 5.74) is 1.55. The van der Waals surface area contributed by atoms with Gasteiger partial charge < -0.3 is 15.3 Å². The van der Waals surface area contributed by atoms with Gasteiger partial charge in [-0.15, -0.1) is 0 Å². The average Bonchev–Trinajstić information content (AvgIpc) is 2.82. The lowest BCUT2D eigenvalue weighted by atomic mass is 10.1. The minimum atomic E-state index is -3.28. The van der Waals surface area contributed by atoms with Crippen LogP contribution in [0, 0.1) is 0 Å². The molecule has 2 aromatic carbocycles. The molecule has 0 bridgehead atoms. The first-order chi connectivity index (χ1) is 11.5. The summed E-state index contributed by atoms with van der Waals surface area (Å²) in [6.45, 7) is 0. The molecule has 3 rings (SSSR count). The van der Waals surface area contributed by atoms with E-state index in [1.807, 2.05) is 60.7 Å². The molecule has 0 radical (unpaired) electrons. The molecule has 7 heteroatoms. The van der Waals surface area contributed by atoms with Crippen LogP contribution in [0.4, 0.5) is 11.4 Å². The minimum Gasteiger partial charge on any atom is -0.390 e. The van der Waals surface area contributed by atoms with Crippen LogP contribution in [0.2, 0.25) is 0 Å². The van der Waals surface area contributed by atoms with E-state index >= 15 is 0 Å². The normalized spacial score (nSPS) is 22.0. The lowest BCUT2D eigenvalue weighted by molar-refractivity contribution is 0.184. The van der Waals surface area contributed by atoms with Crippen LogP contribution in [-0.2, 0) is 9.84 Å². The summed E-state index contributed by atoms with van der Waals surface area (Å²) in [7, 11) is -3.28. The molecule has 1 fully saturated rings. The van der Waals surface area contributed by atoms with Crippen LogP contribution in [0.3, 0.4) is 0 Å². The van der Waals surface area contributed by atoms with Crippen LogP contribution in [0.15, 0.2) is 60.7 Å². The number of sulfone groups is 1. The molecule has 5 nitrogen and oxygen atoms in total. The molecule has 1 heterocycles. The van der Waals surface area contributed by atoms with Gasteiger partial charge in [0.05, 0.1) is 23.7 Å². The quantitative estimate of drug-likeness (QED) is 0.815. The largest absolute Gasteiger partial charge is 0.390 e. The first kappa shape index (κ1) is 16.9. The van der Waals surface area contributed by atoms with Crippen LogP contribution in [0.1, 0.15) is 0 Å². The number of hydrogen-bond donors (Lipinski definition) is 2. The van der Waals surface area contributed by atoms with Crippen molar-refractivity contribution >= 4 is 38.5 Å². The van der Waals surface area contributed by atoms with Crippen LogP contribution in [0.5, 0.6) is 0 Å². The van der Waals surface area contributed by atoms with E-state index in [9.17, 15) is 13.5 Å². The summed E-state index contributed by atoms with van der Waals surface area (Å²) in [6.07, 6.45) is -0.981. The molecule has 1 aliphatic rings. The fourth-order valence-electron chi connectivity index (χ4n) is 2.81. The Morgan fingerprint density at radius 3 is 2.17 bits per heavy atom. The Morgan fingerprint density at radius 1 is 1.04 bits per heavy atom. The summed E-state index contributed by atoms with van der Waals surface area (Å²) in [4.78, 5) is 1.69. The zero-order chi connectivity index (χ0) is 17.2. The highest BCUT2D eigenvalue weighted by atomic mass is 32.2. The van der Waals surface area contributed by atoms with E-state index in [1.54, 1.807) is 4.90 Å². The molecule has 0 saturated carbocycles. The van der Waals surface area contributed by atoms with Gasteiger partial charge in [-0.3, -0.25) is 0 Å². The Bertz CT molecular complexity index is 810. The van der Waals surface area contributed by atoms with Gasteiger partial charge in [0.15, 0.2) is 14.9 Å². The molecule has 1 aliphatic heterocycles. The highest BCUT2D eigenvalue weighted by molar-refractivity contribution is 7.91. The van der Waals surface area contributed by atoms with Gasteiger partial charge in [0.2, 0.25) is 0 Å². The second kappa shape index (κ2) is 6.88. The molecular weight excluding hydrogens is 344 g/mol. The predicted octanol–water partition coefficient (Wildman–Crippen LogP) is 2.05. The molecule has 1 saturated heterocycles. The highest BCUT2D eigenvalue weighted by Crippen LogP contribution is 2.26. The second-order valence-electron chi connectivity index (χ2n) is 5.71. The molecule has 2 atom stereocenters. The molecule has 0 spiro atoms. The third kappa shape index (κ3) is 3.75. The molecule has 0 unspecified atom stereocenters. The van der Waals surface area contributed by atoms with E-state index in [2.05, 4.69) is 5.32 Å². The lowest BCUT2D eigenvalue weighted by Crippen LogP contribution is -2.48. The maximum Gasteiger partial charge on any atom is 0.178 e. The fourth-order valence-corrected chi connectivity index (χ4v) is 4.94. The minimum absolute atomic E-state index is 0.125. The van der Waals surface area contributed by atoms with Crippen molar-refractivity contribution < 1.29 is 13.5 Å². The van der Waals surface area contributed by atoms with Gasteiger partial charge in [0, 0.05) is 11.4 Å². The second-order valence-corrected chi connectivity index (χ2v) is 8.25. The smallest absolute Gasteiger partial charge is 0.178 e. The SMILES string of the molecule is O=S1(=O)C[C@@H](N(C(=S)Nc2ccccc2)c2ccccc2)[C@@H](O)C1. The summed E-state index contributed by atoms with van der Waals surface area (Å²) >= 11 is 5.51. The number of nitrogens with zero attached hydrogens (tertiary/aromatic N) is 1. The number of aliphatic hydroxyl groups excluding tert-OH is 1. The van der Waals surface area contributed by atoms with Crippen molar-refractivity contribution in [3.05, 3.63) is 60.7 Å². The number of para-hydroxylation sites is 2. The number of rotatable bonds is 3. The number of anilines is 2. The van der Waals surface area contributed by atoms with E-state index in [-0.39, 0.29) is 11.5 Å². The van der Waals surface area contributed by atoms with Gasteiger partial charge in [-0.2, -0.15) is 0 Å². The molecule has 0 amide bonds. The third-order valence-corrected chi connectivity index (χ3v) is 5.90. The molecule has 126 valence electrons. The molecule has 0 aliphatic carbocycles. The van der Waals surface area contributed by atoms with E-state index in [4.69, 9.17) is 12.2 Å². The third-order valence-electron chi connectivity index (χ3n) is 3.90. The van der Waals surface area contributed by atoms with Crippen molar-refractivity contribution in [2.45, 2.75) is 12.1 Å². The standard InChI is InChI=1S/C17H18N2O3S2/c20-16-12-24(21,22)11-15(16)19(14-9-5-2-6-10-14)17(23)18-13-7-3-1-4-8-13/h1-10,15-16,20H,11-12H2,(H,18,23)/t15-,16+/m1/s1. The van der Waals surface area contributed by atoms with Crippen molar-refractivity contribution in [1.82, 2.24) is 0 Å². The summed E-state index contributed by atoms with van der Waals surface area (Å²) < 4.78 is 23.8. The number of thiocarbonyl (C=S) groups is 1. The van der Waals surface area contributed by atoms with Crippen molar-refractivity contribution in [2.24, 2.45) is 0 Å². The molecule has 2 aromatic rings. The first-order valence-corrected chi connectivity index (χ1v) is 9.78. The summed E-state index contributed by atoms with van der Waals surface area (Å²) in [5.74, 6) is -0.366. The van der Waals surface area contributed by atoms with Crippen LogP contribution >= 0.6 is 12.2 Å². The van der Waals surface area contributed by atoms with E-state index in [1.165, 1.54) is 0 Å². The Morgan fingerprint density at radius 2 is 1.62 bits per heavy atom. The van der Waals surface area contributed by atoms with Gasteiger partial charge in [-0.25, -0.2) is 8.42 Å². The van der Waals surface area contributed by atoms with E-state index in [0.717, 1.165) is 11.4 Å². The van der Waals surface area contributed by atoms with Gasteiger partial charge in [-0.05, 0) is 36.5 Å². The van der Waals surface area contributed by atoms with Crippen LogP contribution in [-0.4, -0.2) is 42.3 Å². The van der Waals surface area contributed by atoms with Gasteiger partial charge in [0.1, 0.15) is 0 Å². The number of aliphatic hydroxyl groups is 1. The summed E-state index contributed by atoms with van der Waals surface area (Å²) in [6, 6.07) is 18.1. The van der Waals surface area contributed by atoms with Crippen LogP contribution in [0.25, 0.3) is 0 Å². The monoisotopic (exact) mass is 362 g/mol. The number of nitrogens with one attached hydrogen (secondary N) is 1. The van der Waals surface area contributed by atoms with Crippen molar-refractivity contribution in [1.29, 1.82) is 0 Å². The average molecular weight is 362 g/mol. The predicted molar refractivity (Wildman–Crippen MR) is 100 cm³/mol. The van der Waals surface area contributed by atoms with Crippen LogP contribution < -0.4 is 10.2 Å². The molecule has 0 aromatic heterocycles. The lowest BCUT2D eigenvalue weighted by Gasteiger charge is -2.32. The Labute approximate surface area is 146 Å². The van der Waals surface area contributed by atoms with Gasteiger partial charge in [-0.1, -0.05) is 36.4 Å². The van der Waals surface area contributed by atoms with Gasteiger partial charge >= 0.3 is 0 Å². The summed E-state index contributed by atoms with van der Waals surface area (Å²) in [5, 5.41) is 13.7. The fraction of sp³-hybridized carbons (Fsp3) is 0.235. The zero-order valence-corrected chi connectivity index (χ0v) is 14.5. The molecule has 24 heavy (non-hydrogen) atoms.